The fourth-order valence-corrected chi connectivity index (χ4v) is 1.63. The number of aliphatic hydroxyl groups is 1. The van der Waals surface area contributed by atoms with Gasteiger partial charge in [-0.2, -0.15) is 0 Å². The van der Waals surface area contributed by atoms with Gasteiger partial charge in [-0.3, -0.25) is 10.1 Å². The summed E-state index contributed by atoms with van der Waals surface area (Å²) in [5.41, 5.74) is 0.478. The van der Waals surface area contributed by atoms with E-state index in [0.29, 0.717) is 24.5 Å². The zero-order chi connectivity index (χ0) is 14.8. The quantitative estimate of drug-likeness (QED) is 0.404. The highest BCUT2D eigenvalue weighted by atomic mass is 16.6. The molecule has 0 aromatic heterocycles. The van der Waals surface area contributed by atoms with Crippen LogP contribution >= 0.6 is 0 Å². The number of nitrogens with zero attached hydrogens (tertiary/aromatic N) is 1. The van der Waals surface area contributed by atoms with Crippen molar-refractivity contribution >= 4 is 0 Å². The third-order valence-corrected chi connectivity index (χ3v) is 2.70. The summed E-state index contributed by atoms with van der Waals surface area (Å²) in [6.07, 6.45) is 1.01. The van der Waals surface area contributed by atoms with Crippen LogP contribution in [0.1, 0.15) is 31.4 Å². The van der Waals surface area contributed by atoms with Crippen molar-refractivity contribution in [2.24, 2.45) is 0 Å². The van der Waals surface area contributed by atoms with E-state index < -0.39 is 17.6 Å². The van der Waals surface area contributed by atoms with Crippen LogP contribution in [-0.4, -0.2) is 36.4 Å². The molecule has 0 radical (unpaired) electrons. The van der Waals surface area contributed by atoms with Gasteiger partial charge in [-0.1, -0.05) is 25.5 Å². The molecule has 0 bridgehead atoms. The summed E-state index contributed by atoms with van der Waals surface area (Å²) >= 11 is 0. The smallest absolute Gasteiger partial charge is 0.233 e. The predicted octanol–water partition coefficient (Wildman–Crippen LogP) is 2.19. The highest BCUT2D eigenvalue weighted by Gasteiger charge is 2.14. The number of unbranched alkanes of at least 4 members (excludes halogenated alkanes) is 1. The zero-order valence-corrected chi connectivity index (χ0v) is 11.7. The molecule has 0 saturated carbocycles. The number of hydrogen-bond donors (Lipinski definition) is 1. The summed E-state index contributed by atoms with van der Waals surface area (Å²) in [6.45, 7) is 3.23. The average molecular weight is 283 g/mol. The van der Waals surface area contributed by atoms with Crippen LogP contribution < -0.4 is 4.74 Å². The Kier molecular flexibility index (Phi) is 7.60. The maximum absolute atomic E-state index is 10.4. The number of aliphatic hydroxyl groups excluding tert-OH is 1. The first kappa shape index (κ1) is 16.4. The molecule has 1 atom stereocenters. The van der Waals surface area contributed by atoms with Gasteiger partial charge in [0.1, 0.15) is 18.5 Å². The molecule has 1 N–H and O–H groups in total. The van der Waals surface area contributed by atoms with E-state index in [1.807, 2.05) is 0 Å². The molecule has 0 aliphatic carbocycles. The number of nitro groups is 1. The first-order valence-electron chi connectivity index (χ1n) is 6.74. The van der Waals surface area contributed by atoms with E-state index in [1.165, 1.54) is 0 Å². The molecule has 0 heterocycles. The number of benzene rings is 1. The molecule has 6 nitrogen and oxygen atoms in total. The molecule has 1 aromatic rings. The van der Waals surface area contributed by atoms with Gasteiger partial charge in [0.2, 0.25) is 6.54 Å². The van der Waals surface area contributed by atoms with Crippen LogP contribution in [0.25, 0.3) is 0 Å². The average Bonchev–Trinajstić information content (AvgIpc) is 2.42. The molecule has 0 spiro atoms. The lowest BCUT2D eigenvalue weighted by Crippen LogP contribution is -2.12. The van der Waals surface area contributed by atoms with E-state index in [9.17, 15) is 15.2 Å². The summed E-state index contributed by atoms with van der Waals surface area (Å²) in [6, 6.07) is 6.69. The minimum atomic E-state index is -1.12. The SMILES string of the molecule is CCCCOCCOc1cccc([C@@H](O)C[N+](=O)[O-])c1. The highest BCUT2D eigenvalue weighted by Crippen LogP contribution is 2.19. The third kappa shape index (κ3) is 6.49. The molecule has 0 saturated heterocycles. The van der Waals surface area contributed by atoms with Crippen LogP contribution in [0.4, 0.5) is 0 Å². The van der Waals surface area contributed by atoms with Crippen molar-refractivity contribution in [3.63, 3.8) is 0 Å². The van der Waals surface area contributed by atoms with Gasteiger partial charge in [0, 0.05) is 11.5 Å². The van der Waals surface area contributed by atoms with Gasteiger partial charge in [0.05, 0.1) is 6.61 Å². The Morgan fingerprint density at radius 3 is 2.85 bits per heavy atom. The standard InChI is InChI=1S/C14H21NO5/c1-2-3-7-19-8-9-20-13-6-4-5-12(10-13)14(16)11-15(17)18/h4-6,10,14,16H,2-3,7-9,11H2,1H3/t14-/m0/s1. The van der Waals surface area contributed by atoms with Crippen LogP contribution in [0.15, 0.2) is 24.3 Å². The summed E-state index contributed by atoms with van der Waals surface area (Å²) in [7, 11) is 0. The normalized spacial score (nSPS) is 12.1. The highest BCUT2D eigenvalue weighted by molar-refractivity contribution is 5.29. The number of rotatable bonds is 10. The predicted molar refractivity (Wildman–Crippen MR) is 74.5 cm³/mol. The van der Waals surface area contributed by atoms with Gasteiger partial charge in [-0.15, -0.1) is 0 Å². The molecule has 0 aliphatic heterocycles. The van der Waals surface area contributed by atoms with E-state index in [0.717, 1.165) is 19.4 Å². The van der Waals surface area contributed by atoms with Crippen molar-refractivity contribution in [3.05, 3.63) is 39.9 Å². The molecule has 0 fully saturated rings. The van der Waals surface area contributed by atoms with Gasteiger partial charge in [0.25, 0.3) is 0 Å². The minimum Gasteiger partial charge on any atom is -0.491 e. The summed E-state index contributed by atoms with van der Waals surface area (Å²) in [5.74, 6) is 0.573. The fourth-order valence-electron chi connectivity index (χ4n) is 1.63. The molecule has 0 amide bonds. The largest absolute Gasteiger partial charge is 0.491 e. The van der Waals surface area contributed by atoms with Crippen LogP contribution in [-0.2, 0) is 4.74 Å². The Hall–Kier alpha value is -1.66. The number of hydrogen-bond acceptors (Lipinski definition) is 5. The zero-order valence-electron chi connectivity index (χ0n) is 11.7. The molecule has 0 aliphatic rings. The Balaban J connectivity index is 2.37. The van der Waals surface area contributed by atoms with Gasteiger partial charge in [-0.05, 0) is 24.1 Å². The Morgan fingerprint density at radius 2 is 2.15 bits per heavy atom. The first-order chi connectivity index (χ1) is 9.63. The lowest BCUT2D eigenvalue weighted by molar-refractivity contribution is -0.491. The van der Waals surface area contributed by atoms with Gasteiger partial charge < -0.3 is 14.6 Å². The third-order valence-electron chi connectivity index (χ3n) is 2.70. The molecule has 112 valence electrons. The van der Waals surface area contributed by atoms with Gasteiger partial charge >= 0.3 is 0 Å². The molecule has 20 heavy (non-hydrogen) atoms. The Morgan fingerprint density at radius 1 is 1.35 bits per heavy atom. The van der Waals surface area contributed by atoms with Gasteiger partial charge in [0.15, 0.2) is 0 Å². The van der Waals surface area contributed by atoms with E-state index in [-0.39, 0.29) is 0 Å². The molecular weight excluding hydrogens is 262 g/mol. The molecular formula is C14H21NO5. The molecule has 1 aromatic carbocycles. The van der Waals surface area contributed by atoms with Crippen molar-refractivity contribution in [1.82, 2.24) is 0 Å². The van der Waals surface area contributed by atoms with E-state index >= 15 is 0 Å². The van der Waals surface area contributed by atoms with Crippen molar-refractivity contribution in [1.29, 1.82) is 0 Å². The van der Waals surface area contributed by atoms with Crippen LogP contribution in [0.2, 0.25) is 0 Å². The summed E-state index contributed by atoms with van der Waals surface area (Å²) in [5, 5.41) is 20.0. The molecule has 1 rings (SSSR count). The van der Waals surface area contributed by atoms with E-state index in [1.54, 1.807) is 24.3 Å². The summed E-state index contributed by atoms with van der Waals surface area (Å²) < 4.78 is 10.8. The van der Waals surface area contributed by atoms with E-state index in [4.69, 9.17) is 9.47 Å². The maximum Gasteiger partial charge on any atom is 0.233 e. The van der Waals surface area contributed by atoms with Crippen molar-refractivity contribution in [3.8, 4) is 5.75 Å². The summed E-state index contributed by atoms with van der Waals surface area (Å²) in [4.78, 5) is 9.82. The monoisotopic (exact) mass is 283 g/mol. The maximum atomic E-state index is 10.4. The van der Waals surface area contributed by atoms with Crippen molar-refractivity contribution in [2.45, 2.75) is 25.9 Å². The van der Waals surface area contributed by atoms with E-state index in [2.05, 4.69) is 6.92 Å². The second kappa shape index (κ2) is 9.28. The van der Waals surface area contributed by atoms with Crippen LogP contribution in [0.5, 0.6) is 5.75 Å². The second-order valence-electron chi connectivity index (χ2n) is 4.42. The minimum absolute atomic E-state index is 0.415. The van der Waals surface area contributed by atoms with Gasteiger partial charge in [-0.25, -0.2) is 0 Å². The van der Waals surface area contributed by atoms with Crippen molar-refractivity contribution in [2.75, 3.05) is 26.4 Å². The Labute approximate surface area is 118 Å². The molecule has 0 unspecified atom stereocenters. The number of ether oxygens (including phenoxy) is 2. The molecule has 6 heteroatoms. The topological polar surface area (TPSA) is 81.8 Å². The fraction of sp³-hybridized carbons (Fsp3) is 0.571. The van der Waals surface area contributed by atoms with Crippen LogP contribution in [0, 0.1) is 10.1 Å². The lowest BCUT2D eigenvalue weighted by Gasteiger charge is -2.10. The van der Waals surface area contributed by atoms with Crippen molar-refractivity contribution < 1.29 is 19.5 Å². The first-order valence-corrected chi connectivity index (χ1v) is 6.74. The lowest BCUT2D eigenvalue weighted by atomic mass is 10.1. The second-order valence-corrected chi connectivity index (χ2v) is 4.42. The Bertz CT molecular complexity index is 410. The van der Waals surface area contributed by atoms with Crippen LogP contribution in [0.3, 0.4) is 0 Å².